The summed E-state index contributed by atoms with van der Waals surface area (Å²) in [6.07, 6.45) is -1.33. The van der Waals surface area contributed by atoms with Gasteiger partial charge in [-0.15, -0.1) is 6.58 Å². The van der Waals surface area contributed by atoms with E-state index >= 15 is 0 Å². The van der Waals surface area contributed by atoms with Gasteiger partial charge in [0.1, 0.15) is 5.83 Å². The van der Waals surface area contributed by atoms with E-state index in [-0.39, 0.29) is 11.6 Å². The molecular formula is C19H16F4. The van der Waals surface area contributed by atoms with Gasteiger partial charge in [0.25, 0.3) is 0 Å². The number of benzene rings is 2. The summed E-state index contributed by atoms with van der Waals surface area (Å²) in [5, 5.41) is 0. The molecule has 0 bridgehead atoms. The van der Waals surface area contributed by atoms with E-state index in [9.17, 15) is 17.6 Å². The van der Waals surface area contributed by atoms with E-state index in [2.05, 4.69) is 6.58 Å². The molecule has 0 fully saturated rings. The van der Waals surface area contributed by atoms with Gasteiger partial charge >= 0.3 is 6.18 Å². The lowest BCUT2D eigenvalue weighted by atomic mass is 10.0. The van der Waals surface area contributed by atoms with Crippen LogP contribution in [-0.2, 0) is 6.42 Å². The van der Waals surface area contributed by atoms with E-state index in [0.29, 0.717) is 0 Å². The maximum atomic E-state index is 13.5. The van der Waals surface area contributed by atoms with Crippen molar-refractivity contribution in [3.63, 3.8) is 0 Å². The Kier molecular flexibility index (Phi) is 5.37. The number of rotatable bonds is 5. The highest BCUT2D eigenvalue weighted by molar-refractivity contribution is 5.68. The molecule has 4 heteroatoms. The largest absolute Gasteiger partial charge is 0.412 e. The van der Waals surface area contributed by atoms with Crippen molar-refractivity contribution in [1.82, 2.24) is 0 Å². The van der Waals surface area contributed by atoms with E-state index in [1.807, 2.05) is 30.3 Å². The van der Waals surface area contributed by atoms with E-state index in [0.717, 1.165) is 24.0 Å². The Hall–Kier alpha value is -2.36. The van der Waals surface area contributed by atoms with E-state index in [4.69, 9.17) is 0 Å². The SMILES string of the molecule is C=CCCc1ccc(-c2ccc(C(F)=CC(F)(F)F)cc2)cc1. The molecule has 0 aliphatic rings. The maximum Gasteiger partial charge on any atom is 0.412 e. The number of hydrogen-bond acceptors (Lipinski definition) is 0. The van der Waals surface area contributed by atoms with Crippen molar-refractivity contribution in [1.29, 1.82) is 0 Å². The Morgan fingerprint density at radius 2 is 1.43 bits per heavy atom. The number of hydrogen-bond donors (Lipinski definition) is 0. The molecule has 0 radical (unpaired) electrons. The summed E-state index contributed by atoms with van der Waals surface area (Å²) in [5.41, 5.74) is 2.85. The van der Waals surface area contributed by atoms with Crippen molar-refractivity contribution >= 4 is 5.83 Å². The molecule has 0 spiro atoms. The highest BCUT2D eigenvalue weighted by Crippen LogP contribution is 2.27. The van der Waals surface area contributed by atoms with Crippen LogP contribution in [0.5, 0.6) is 0 Å². The molecule has 0 aliphatic heterocycles. The zero-order chi connectivity index (χ0) is 16.9. The van der Waals surface area contributed by atoms with E-state index in [1.165, 1.54) is 17.7 Å². The Labute approximate surface area is 132 Å². The third-order valence-electron chi connectivity index (χ3n) is 3.38. The molecule has 23 heavy (non-hydrogen) atoms. The molecule has 0 saturated heterocycles. The second kappa shape index (κ2) is 7.27. The first-order chi connectivity index (χ1) is 10.9. The van der Waals surface area contributed by atoms with Gasteiger partial charge in [0, 0.05) is 5.56 Å². The molecule has 0 aliphatic carbocycles. The molecule has 0 unspecified atom stereocenters. The zero-order valence-corrected chi connectivity index (χ0v) is 12.4. The molecule has 120 valence electrons. The van der Waals surface area contributed by atoms with Crippen LogP contribution in [0.1, 0.15) is 17.5 Å². The summed E-state index contributed by atoms with van der Waals surface area (Å²) >= 11 is 0. The van der Waals surface area contributed by atoms with Gasteiger partial charge in [-0.3, -0.25) is 0 Å². The van der Waals surface area contributed by atoms with Crippen molar-refractivity contribution in [3.8, 4) is 11.1 Å². The molecule has 0 amide bonds. The van der Waals surface area contributed by atoms with E-state index in [1.54, 1.807) is 12.1 Å². The van der Waals surface area contributed by atoms with Gasteiger partial charge in [0.2, 0.25) is 0 Å². The van der Waals surface area contributed by atoms with Crippen molar-refractivity contribution in [3.05, 3.63) is 78.4 Å². The Bertz CT molecular complexity index is 677. The first kappa shape index (κ1) is 17.0. The second-order valence-corrected chi connectivity index (χ2v) is 5.14. The Morgan fingerprint density at radius 1 is 0.913 bits per heavy atom. The van der Waals surface area contributed by atoms with Crippen LogP contribution in [0.25, 0.3) is 17.0 Å². The van der Waals surface area contributed by atoms with Crippen LogP contribution in [0.15, 0.2) is 67.3 Å². The quantitative estimate of drug-likeness (QED) is 0.445. The minimum Gasteiger partial charge on any atom is -0.206 e. The van der Waals surface area contributed by atoms with Crippen LogP contribution >= 0.6 is 0 Å². The average molecular weight is 320 g/mol. The van der Waals surface area contributed by atoms with Crippen LogP contribution in [0.4, 0.5) is 17.6 Å². The number of allylic oxidation sites excluding steroid dienone is 2. The monoisotopic (exact) mass is 320 g/mol. The van der Waals surface area contributed by atoms with Gasteiger partial charge in [-0.05, 0) is 29.5 Å². The number of alkyl halides is 3. The van der Waals surface area contributed by atoms with Gasteiger partial charge in [-0.1, -0.05) is 54.6 Å². The van der Waals surface area contributed by atoms with Crippen LogP contribution in [0, 0.1) is 0 Å². The predicted octanol–water partition coefficient (Wildman–Crippen LogP) is 6.34. The molecule has 0 nitrogen and oxygen atoms in total. The third-order valence-corrected chi connectivity index (χ3v) is 3.38. The van der Waals surface area contributed by atoms with Crippen LogP contribution < -0.4 is 0 Å². The normalized spacial score (nSPS) is 12.3. The molecule has 2 aromatic rings. The average Bonchev–Trinajstić information content (AvgIpc) is 2.52. The fourth-order valence-electron chi connectivity index (χ4n) is 2.18. The lowest BCUT2D eigenvalue weighted by Gasteiger charge is -2.06. The molecule has 0 aromatic heterocycles. The predicted molar refractivity (Wildman–Crippen MR) is 85.5 cm³/mol. The Morgan fingerprint density at radius 3 is 1.91 bits per heavy atom. The fourth-order valence-corrected chi connectivity index (χ4v) is 2.18. The lowest BCUT2D eigenvalue weighted by Crippen LogP contribution is -2.01. The molecule has 2 rings (SSSR count). The molecule has 0 N–H and O–H groups in total. The minimum absolute atomic E-state index is 0.0892. The maximum absolute atomic E-state index is 13.5. The van der Waals surface area contributed by atoms with Crippen molar-refractivity contribution < 1.29 is 17.6 Å². The van der Waals surface area contributed by atoms with Gasteiger partial charge in [-0.25, -0.2) is 4.39 Å². The molecule has 0 saturated carbocycles. The summed E-state index contributed by atoms with van der Waals surface area (Å²) in [7, 11) is 0. The highest BCUT2D eigenvalue weighted by atomic mass is 19.4. The number of aryl methyl sites for hydroxylation is 1. The van der Waals surface area contributed by atoms with Crippen LogP contribution in [0.2, 0.25) is 0 Å². The summed E-state index contributed by atoms with van der Waals surface area (Å²) < 4.78 is 49.9. The van der Waals surface area contributed by atoms with Gasteiger partial charge in [0.15, 0.2) is 0 Å². The first-order valence-electron chi connectivity index (χ1n) is 7.15. The van der Waals surface area contributed by atoms with Crippen molar-refractivity contribution in [2.24, 2.45) is 0 Å². The standard InChI is InChI=1S/C19H16F4/c1-2-3-4-14-5-7-15(8-6-14)16-9-11-17(12-10-16)18(20)13-19(21,22)23/h2,5-13H,1,3-4H2. The second-order valence-electron chi connectivity index (χ2n) is 5.14. The topological polar surface area (TPSA) is 0 Å². The first-order valence-corrected chi connectivity index (χ1v) is 7.15. The summed E-state index contributed by atoms with van der Waals surface area (Å²) in [6, 6.07) is 13.8. The summed E-state index contributed by atoms with van der Waals surface area (Å²) in [4.78, 5) is 0. The minimum atomic E-state index is -4.66. The smallest absolute Gasteiger partial charge is 0.206 e. The molecule has 0 atom stereocenters. The van der Waals surface area contributed by atoms with Crippen LogP contribution in [0.3, 0.4) is 0 Å². The molecule has 0 heterocycles. The van der Waals surface area contributed by atoms with Gasteiger partial charge < -0.3 is 0 Å². The van der Waals surface area contributed by atoms with E-state index < -0.39 is 12.0 Å². The van der Waals surface area contributed by atoms with Crippen LogP contribution in [-0.4, -0.2) is 6.18 Å². The van der Waals surface area contributed by atoms with Crippen molar-refractivity contribution in [2.45, 2.75) is 19.0 Å². The summed E-state index contributed by atoms with van der Waals surface area (Å²) in [6.45, 7) is 3.68. The third kappa shape index (κ3) is 5.09. The van der Waals surface area contributed by atoms with Gasteiger partial charge in [0.05, 0.1) is 6.08 Å². The van der Waals surface area contributed by atoms with Crippen molar-refractivity contribution in [2.75, 3.05) is 0 Å². The lowest BCUT2D eigenvalue weighted by molar-refractivity contribution is -0.0798. The molecule has 2 aromatic carbocycles. The highest BCUT2D eigenvalue weighted by Gasteiger charge is 2.25. The fraction of sp³-hybridized carbons (Fsp3) is 0.158. The zero-order valence-electron chi connectivity index (χ0n) is 12.4. The molecular weight excluding hydrogens is 304 g/mol. The van der Waals surface area contributed by atoms with Gasteiger partial charge in [-0.2, -0.15) is 13.2 Å². The summed E-state index contributed by atoms with van der Waals surface area (Å²) in [5.74, 6) is -1.29. The Balaban J connectivity index is 2.16. The number of halogens is 4.